The van der Waals surface area contributed by atoms with Crippen molar-refractivity contribution in [2.75, 3.05) is 20.8 Å². The van der Waals surface area contributed by atoms with E-state index in [2.05, 4.69) is 0 Å². The summed E-state index contributed by atoms with van der Waals surface area (Å²) in [5, 5.41) is 39.9. The number of methoxy groups -OCH3 is 2. The molecule has 1 aromatic rings. The van der Waals surface area contributed by atoms with Crippen molar-refractivity contribution in [3.63, 3.8) is 0 Å². The first-order valence-electron chi connectivity index (χ1n) is 7.20. The van der Waals surface area contributed by atoms with Crippen LogP contribution in [0.2, 0.25) is 0 Å². The largest absolute Gasteiger partial charge is 0.497 e. The van der Waals surface area contributed by atoms with E-state index < -0.39 is 36.8 Å². The molecule has 0 amide bonds. The summed E-state index contributed by atoms with van der Waals surface area (Å²) in [7, 11) is 2.96. The van der Waals surface area contributed by atoms with Gasteiger partial charge in [0.25, 0.3) is 0 Å². The summed E-state index contributed by atoms with van der Waals surface area (Å²) in [5.74, 6) is -0.819. The van der Waals surface area contributed by atoms with Crippen molar-refractivity contribution in [1.29, 1.82) is 0 Å². The number of aliphatic hydroxyl groups excluding tert-OH is 4. The standard InChI is InChI=1S/C15H20O8/c1-20-8-3-7-6-22-15(11(7)9(4-8)21-2)14(19)13(18)12(17)10(5-16)23-15/h3-4,10,12-14,16-19H,5-6H2,1-2H3/t10-,12-,13+,14+,15+/m1/s1. The third kappa shape index (κ3) is 2.30. The van der Waals surface area contributed by atoms with Gasteiger partial charge in [-0.2, -0.15) is 0 Å². The van der Waals surface area contributed by atoms with Gasteiger partial charge in [-0.25, -0.2) is 0 Å². The molecule has 128 valence electrons. The van der Waals surface area contributed by atoms with Crippen LogP contribution in [0.15, 0.2) is 12.1 Å². The predicted molar refractivity (Wildman–Crippen MR) is 76.0 cm³/mol. The van der Waals surface area contributed by atoms with Crippen molar-refractivity contribution in [2.24, 2.45) is 0 Å². The summed E-state index contributed by atoms with van der Waals surface area (Å²) < 4.78 is 21.9. The molecule has 0 aliphatic carbocycles. The van der Waals surface area contributed by atoms with Gasteiger partial charge in [0.2, 0.25) is 5.79 Å². The highest BCUT2D eigenvalue weighted by Gasteiger charge is 2.59. The van der Waals surface area contributed by atoms with Gasteiger partial charge in [0.05, 0.1) is 33.0 Å². The first-order valence-corrected chi connectivity index (χ1v) is 7.20. The summed E-state index contributed by atoms with van der Waals surface area (Å²) in [6.45, 7) is -0.440. The monoisotopic (exact) mass is 328 g/mol. The van der Waals surface area contributed by atoms with E-state index in [1.165, 1.54) is 14.2 Å². The average Bonchev–Trinajstić information content (AvgIpc) is 2.95. The molecule has 4 N–H and O–H groups in total. The second-order valence-electron chi connectivity index (χ2n) is 5.58. The predicted octanol–water partition coefficient (Wildman–Crippen LogP) is -1.14. The zero-order valence-electron chi connectivity index (χ0n) is 12.8. The van der Waals surface area contributed by atoms with Crippen LogP contribution in [0.25, 0.3) is 0 Å². The molecule has 3 rings (SSSR count). The fraction of sp³-hybridized carbons (Fsp3) is 0.600. The van der Waals surface area contributed by atoms with Crippen molar-refractivity contribution < 1.29 is 39.4 Å². The Labute approximate surface area is 132 Å². The summed E-state index contributed by atoms with van der Waals surface area (Å²) in [6, 6.07) is 3.32. The Hall–Kier alpha value is -1.42. The Bertz CT molecular complexity index is 589. The number of aliphatic hydroxyl groups is 4. The van der Waals surface area contributed by atoms with Gasteiger partial charge in [-0.15, -0.1) is 0 Å². The van der Waals surface area contributed by atoms with Crippen LogP contribution in [0.5, 0.6) is 11.5 Å². The fourth-order valence-electron chi connectivity index (χ4n) is 3.16. The molecular formula is C15H20O8. The number of hydrogen-bond donors (Lipinski definition) is 4. The minimum atomic E-state index is -1.72. The van der Waals surface area contributed by atoms with Crippen molar-refractivity contribution in [1.82, 2.24) is 0 Å². The van der Waals surface area contributed by atoms with E-state index in [1.807, 2.05) is 0 Å². The van der Waals surface area contributed by atoms with Crippen LogP contribution in [0.4, 0.5) is 0 Å². The molecule has 8 nitrogen and oxygen atoms in total. The Morgan fingerprint density at radius 1 is 1.17 bits per heavy atom. The van der Waals surface area contributed by atoms with Crippen LogP contribution in [0.1, 0.15) is 11.1 Å². The molecule has 1 saturated heterocycles. The molecule has 0 saturated carbocycles. The van der Waals surface area contributed by atoms with Gasteiger partial charge in [0.15, 0.2) is 0 Å². The maximum atomic E-state index is 10.5. The Morgan fingerprint density at radius 3 is 2.52 bits per heavy atom. The molecule has 1 fully saturated rings. The lowest BCUT2D eigenvalue weighted by Gasteiger charge is -2.46. The topological polar surface area (TPSA) is 118 Å². The van der Waals surface area contributed by atoms with E-state index in [-0.39, 0.29) is 6.61 Å². The fourth-order valence-corrected chi connectivity index (χ4v) is 3.16. The molecule has 1 aromatic carbocycles. The van der Waals surface area contributed by atoms with E-state index in [9.17, 15) is 20.4 Å². The zero-order chi connectivity index (χ0) is 16.8. The summed E-state index contributed by atoms with van der Waals surface area (Å²) in [6.07, 6.45) is -5.63. The number of ether oxygens (including phenoxy) is 4. The second kappa shape index (κ2) is 5.90. The third-order valence-corrected chi connectivity index (χ3v) is 4.35. The highest BCUT2D eigenvalue weighted by molar-refractivity contribution is 5.51. The molecule has 5 atom stereocenters. The van der Waals surface area contributed by atoms with Gasteiger partial charge in [0, 0.05) is 6.07 Å². The lowest BCUT2D eigenvalue weighted by Crippen LogP contribution is -2.63. The van der Waals surface area contributed by atoms with Crippen molar-refractivity contribution in [3.05, 3.63) is 23.3 Å². The number of hydrogen-bond acceptors (Lipinski definition) is 8. The van der Waals surface area contributed by atoms with Crippen LogP contribution < -0.4 is 9.47 Å². The summed E-state index contributed by atoms with van der Waals surface area (Å²) in [4.78, 5) is 0. The maximum absolute atomic E-state index is 10.5. The molecule has 0 radical (unpaired) electrons. The van der Waals surface area contributed by atoms with Gasteiger partial charge < -0.3 is 39.4 Å². The Morgan fingerprint density at radius 2 is 1.91 bits per heavy atom. The van der Waals surface area contributed by atoms with Crippen molar-refractivity contribution in [3.8, 4) is 11.5 Å². The minimum absolute atomic E-state index is 0.0981. The molecular weight excluding hydrogens is 308 g/mol. The van der Waals surface area contributed by atoms with Crippen molar-refractivity contribution in [2.45, 2.75) is 36.8 Å². The lowest BCUT2D eigenvalue weighted by atomic mass is 9.87. The van der Waals surface area contributed by atoms with Gasteiger partial charge in [-0.05, 0) is 11.6 Å². The number of benzene rings is 1. The lowest BCUT2D eigenvalue weighted by molar-refractivity contribution is -0.368. The summed E-state index contributed by atoms with van der Waals surface area (Å²) >= 11 is 0. The highest BCUT2D eigenvalue weighted by atomic mass is 16.7. The van der Waals surface area contributed by atoms with Gasteiger partial charge in [0.1, 0.15) is 35.9 Å². The number of rotatable bonds is 3. The van der Waals surface area contributed by atoms with Gasteiger partial charge in [-0.3, -0.25) is 0 Å². The third-order valence-electron chi connectivity index (χ3n) is 4.35. The molecule has 1 spiro atoms. The van der Waals surface area contributed by atoms with Crippen LogP contribution in [-0.4, -0.2) is 65.7 Å². The SMILES string of the molecule is COc1cc2c(c(OC)c1)[C@]1(OC2)O[C@H](CO)[C@@H](O)[C@H](O)[C@@H]1O. The van der Waals surface area contributed by atoms with Gasteiger partial charge >= 0.3 is 0 Å². The molecule has 23 heavy (non-hydrogen) atoms. The van der Waals surface area contributed by atoms with Crippen LogP contribution in [0.3, 0.4) is 0 Å². The molecule has 2 aliphatic rings. The average molecular weight is 328 g/mol. The molecule has 0 aromatic heterocycles. The molecule has 2 heterocycles. The second-order valence-corrected chi connectivity index (χ2v) is 5.58. The first kappa shape index (κ1) is 16.4. The Balaban J connectivity index is 2.12. The molecule has 8 heteroatoms. The first-order chi connectivity index (χ1) is 11.0. The zero-order valence-corrected chi connectivity index (χ0v) is 12.8. The van der Waals surface area contributed by atoms with E-state index >= 15 is 0 Å². The number of fused-ring (bicyclic) bond motifs is 2. The van der Waals surface area contributed by atoms with E-state index in [1.54, 1.807) is 12.1 Å². The van der Waals surface area contributed by atoms with Gasteiger partial charge in [-0.1, -0.05) is 0 Å². The quantitative estimate of drug-likeness (QED) is 0.550. The minimum Gasteiger partial charge on any atom is -0.497 e. The summed E-state index contributed by atoms with van der Waals surface area (Å²) in [5.41, 5.74) is 1.08. The normalized spacial score (nSPS) is 36.1. The van der Waals surface area contributed by atoms with E-state index in [0.29, 0.717) is 22.6 Å². The smallest absolute Gasteiger partial charge is 0.229 e. The maximum Gasteiger partial charge on any atom is 0.229 e. The molecule has 0 bridgehead atoms. The van der Waals surface area contributed by atoms with E-state index in [4.69, 9.17) is 18.9 Å². The van der Waals surface area contributed by atoms with Crippen molar-refractivity contribution >= 4 is 0 Å². The Kier molecular flexibility index (Phi) is 4.21. The van der Waals surface area contributed by atoms with Crippen LogP contribution >= 0.6 is 0 Å². The van der Waals surface area contributed by atoms with Crippen LogP contribution in [-0.2, 0) is 21.9 Å². The van der Waals surface area contributed by atoms with Crippen LogP contribution in [0, 0.1) is 0 Å². The molecule has 2 aliphatic heterocycles. The molecule has 0 unspecified atom stereocenters. The van der Waals surface area contributed by atoms with E-state index in [0.717, 1.165) is 0 Å². The highest BCUT2D eigenvalue weighted by Crippen LogP contribution is 2.50.